The van der Waals surface area contributed by atoms with Crippen LogP contribution in [0.4, 0.5) is 0 Å². The van der Waals surface area contributed by atoms with E-state index in [-0.39, 0.29) is 36.1 Å². The smallest absolute Gasteiger partial charge is 0.373 e. The predicted octanol–water partition coefficient (Wildman–Crippen LogP) is 9.44. The van der Waals surface area contributed by atoms with E-state index in [1.54, 1.807) is 13.8 Å². The monoisotopic (exact) mass is 910 g/mol. The van der Waals surface area contributed by atoms with E-state index in [2.05, 4.69) is 13.8 Å². The van der Waals surface area contributed by atoms with Gasteiger partial charge >= 0.3 is 11.9 Å². The number of cyclic esters (lactones) is 2. The summed E-state index contributed by atoms with van der Waals surface area (Å²) in [4.78, 5) is 49.1. The second-order valence-electron chi connectivity index (χ2n) is 17.8. The van der Waals surface area contributed by atoms with Crippen LogP contribution < -0.4 is 0 Å². The molecular weight excluding hydrogens is 841 g/mol. The lowest BCUT2D eigenvalue weighted by Crippen LogP contribution is -2.40. The van der Waals surface area contributed by atoms with Gasteiger partial charge in [0, 0.05) is 12.2 Å². The van der Waals surface area contributed by atoms with E-state index >= 15 is 0 Å². The Morgan fingerprint density at radius 1 is 0.682 bits per heavy atom. The minimum atomic E-state index is -1.21. The van der Waals surface area contributed by atoms with Crippen LogP contribution in [0.1, 0.15) is 95.4 Å². The number of esters is 2. The third-order valence-corrected chi connectivity index (χ3v) is 11.2. The molecule has 7 atom stereocenters. The van der Waals surface area contributed by atoms with Gasteiger partial charge in [-0.25, -0.2) is 9.59 Å². The van der Waals surface area contributed by atoms with Crippen molar-refractivity contribution in [3.8, 4) is 0 Å². The fourth-order valence-electron chi connectivity index (χ4n) is 7.43. The van der Waals surface area contributed by atoms with Gasteiger partial charge in [0.25, 0.3) is 0 Å². The van der Waals surface area contributed by atoms with Crippen LogP contribution >= 0.6 is 0 Å². The summed E-state index contributed by atoms with van der Waals surface area (Å²) in [5, 5.41) is 39.6. The number of ketones is 2. The van der Waals surface area contributed by atoms with E-state index in [9.17, 15) is 39.6 Å². The van der Waals surface area contributed by atoms with Gasteiger partial charge in [-0.15, -0.1) is 0 Å². The van der Waals surface area contributed by atoms with E-state index in [1.165, 1.54) is 6.42 Å². The number of hydrogen-bond acceptors (Lipinski definition) is 12. The number of allylic oxidation sites excluding steroid dienone is 20. The fraction of sp³-hybridized carbons (Fsp3) is 0.444. The predicted molar refractivity (Wildman–Crippen MR) is 257 cm³/mol. The molecule has 2 heterocycles. The van der Waals surface area contributed by atoms with Crippen LogP contribution in [0.5, 0.6) is 0 Å². The molecule has 0 aromatic heterocycles. The molecule has 4 rings (SSSR count). The highest BCUT2D eigenvalue weighted by Crippen LogP contribution is 2.41. The lowest BCUT2D eigenvalue weighted by Gasteiger charge is -2.37. The highest BCUT2D eigenvalue weighted by molar-refractivity contribution is 6.01. The van der Waals surface area contributed by atoms with Crippen LogP contribution in [0.25, 0.3) is 0 Å². The molecule has 0 aromatic rings. The maximum absolute atomic E-state index is 13.2. The Morgan fingerprint density at radius 2 is 1.09 bits per heavy atom. The molecule has 7 unspecified atom stereocenters. The molecule has 0 amide bonds. The largest absolute Gasteiger partial charge is 0.502 e. The molecule has 4 aliphatic rings. The number of aliphatic hydroxyl groups is 4. The van der Waals surface area contributed by atoms with Crippen LogP contribution in [-0.2, 0) is 38.1 Å². The number of aliphatic hydroxyl groups excluding tert-OH is 4. The van der Waals surface area contributed by atoms with Crippen LogP contribution in [0.15, 0.2) is 153 Å². The van der Waals surface area contributed by atoms with E-state index in [0.29, 0.717) is 24.0 Å². The van der Waals surface area contributed by atoms with E-state index in [1.807, 2.05) is 134 Å². The first-order valence-electron chi connectivity index (χ1n) is 22.5. The summed E-state index contributed by atoms with van der Waals surface area (Å²) < 4.78 is 21.3. The molecule has 0 bridgehead atoms. The van der Waals surface area contributed by atoms with Crippen LogP contribution in [0, 0.1) is 11.3 Å². The molecule has 358 valence electrons. The van der Waals surface area contributed by atoms with Gasteiger partial charge in [-0.1, -0.05) is 148 Å². The molecular formula is C54H70O12. The highest BCUT2D eigenvalue weighted by atomic mass is 16.6. The molecule has 0 saturated carbocycles. The topological polar surface area (TPSA) is 186 Å². The molecule has 0 spiro atoms. The summed E-state index contributed by atoms with van der Waals surface area (Å²) in [7, 11) is 0. The van der Waals surface area contributed by atoms with Crippen molar-refractivity contribution in [1.82, 2.24) is 0 Å². The summed E-state index contributed by atoms with van der Waals surface area (Å²) in [6.45, 7) is 21.5. The van der Waals surface area contributed by atoms with Gasteiger partial charge in [-0.3, -0.25) is 9.59 Å². The summed E-state index contributed by atoms with van der Waals surface area (Å²) in [6.07, 6.45) is 26.3. The lowest BCUT2D eigenvalue weighted by atomic mass is 9.71. The van der Waals surface area contributed by atoms with Crippen molar-refractivity contribution in [3.63, 3.8) is 0 Å². The SMILES string of the molecule is CC1=C(/C=C/C(C)=C/C=C/C(C)=C/C=C/C=C(C)/C=C/C=C(C)/C=C/C2=C(C)C(=O)C(OCC(O)C3C=C(O)C(=O)O3)CC2(C)C)C(C)CC(OCC(O)C2C=C(O)C(=O)O2)C1=O.CCC. The Hall–Kier alpha value is -5.66. The third kappa shape index (κ3) is 16.3. The van der Waals surface area contributed by atoms with Gasteiger partial charge in [0.05, 0.1) is 13.2 Å². The van der Waals surface area contributed by atoms with E-state index < -0.39 is 60.1 Å². The first-order chi connectivity index (χ1) is 31.1. The maximum Gasteiger partial charge on any atom is 0.373 e. The molecule has 2 aliphatic carbocycles. The normalized spacial score (nSPS) is 25.7. The molecule has 0 radical (unpaired) electrons. The second-order valence-corrected chi connectivity index (χ2v) is 17.8. The quantitative estimate of drug-likeness (QED) is 0.0755. The molecule has 2 aliphatic heterocycles. The number of ether oxygens (including phenoxy) is 4. The fourth-order valence-corrected chi connectivity index (χ4v) is 7.43. The summed E-state index contributed by atoms with van der Waals surface area (Å²) in [5.74, 6) is -3.18. The Kier molecular flexibility index (Phi) is 21.4. The number of carbonyl (C=O) groups excluding carboxylic acids is 4. The molecule has 4 N–H and O–H groups in total. The number of hydrogen-bond donors (Lipinski definition) is 4. The number of Topliss-reactive ketones (excluding diaryl/α,β-unsaturated/α-hetero) is 2. The van der Waals surface area contributed by atoms with Crippen LogP contribution in [0.2, 0.25) is 0 Å². The Morgan fingerprint density at radius 3 is 1.55 bits per heavy atom. The molecule has 12 nitrogen and oxygen atoms in total. The van der Waals surface area contributed by atoms with Gasteiger partial charge in [0.1, 0.15) is 24.4 Å². The standard InChI is InChI=1S/C51H62O12.C3H8/c1-30(16-12-18-32(3)20-22-37-34(5)24-45(47(56)35(37)6)60-28-41(54)43-25-39(52)49(58)62-43)14-10-11-15-31(2)17-13-19-33(4)21-23-38-36(7)48(57)46(27-51(38,8)9)61-29-42(55)44-26-40(53)50(59)63-44;1-3-2/h10-23,25-26,34,41-46,52-55H,24,27-29H2,1-9H3;3H2,1-2H3/b11-10+,16-12+,17-13+,22-20+,23-21+,30-14+,31-15+,32-18+,33-19+;. The van der Waals surface area contributed by atoms with Crippen molar-refractivity contribution in [1.29, 1.82) is 0 Å². The minimum Gasteiger partial charge on any atom is -0.502 e. The van der Waals surface area contributed by atoms with Crippen molar-refractivity contribution >= 4 is 23.5 Å². The van der Waals surface area contributed by atoms with E-state index in [4.69, 9.17) is 18.9 Å². The first-order valence-corrected chi connectivity index (χ1v) is 22.5. The van der Waals surface area contributed by atoms with Gasteiger partial charge in [0.15, 0.2) is 23.8 Å². The van der Waals surface area contributed by atoms with Crippen molar-refractivity contribution in [2.24, 2.45) is 11.3 Å². The van der Waals surface area contributed by atoms with Crippen molar-refractivity contribution in [2.45, 2.75) is 132 Å². The number of carbonyl (C=O) groups is 4. The molecule has 66 heavy (non-hydrogen) atoms. The van der Waals surface area contributed by atoms with Crippen LogP contribution in [-0.4, -0.2) is 93.8 Å². The first kappa shape index (κ1) is 54.7. The third-order valence-electron chi connectivity index (χ3n) is 11.2. The van der Waals surface area contributed by atoms with Gasteiger partial charge in [0.2, 0.25) is 11.5 Å². The van der Waals surface area contributed by atoms with Crippen molar-refractivity contribution in [2.75, 3.05) is 13.2 Å². The minimum absolute atomic E-state index is 0.0414. The summed E-state index contributed by atoms with van der Waals surface area (Å²) in [6, 6.07) is 0. The Labute approximate surface area is 390 Å². The molecule has 12 heteroatoms. The second kappa shape index (κ2) is 25.9. The zero-order chi connectivity index (χ0) is 49.3. The Balaban J connectivity index is 0.00000375. The Bertz CT molecular complexity index is 2210. The lowest BCUT2D eigenvalue weighted by molar-refractivity contribution is -0.150. The van der Waals surface area contributed by atoms with Gasteiger partial charge < -0.3 is 39.4 Å². The van der Waals surface area contributed by atoms with Crippen molar-refractivity contribution < 1.29 is 58.6 Å². The highest BCUT2D eigenvalue weighted by Gasteiger charge is 2.40. The molecule has 0 aromatic carbocycles. The zero-order valence-corrected chi connectivity index (χ0v) is 40.4. The average Bonchev–Trinajstić information content (AvgIpc) is 3.78. The van der Waals surface area contributed by atoms with E-state index in [0.717, 1.165) is 45.6 Å². The van der Waals surface area contributed by atoms with Gasteiger partial charge in [-0.2, -0.15) is 0 Å². The average molecular weight is 911 g/mol. The van der Waals surface area contributed by atoms with Crippen molar-refractivity contribution in [3.05, 3.63) is 153 Å². The molecule has 0 fully saturated rings. The summed E-state index contributed by atoms with van der Waals surface area (Å²) >= 11 is 0. The van der Waals surface area contributed by atoms with Crippen LogP contribution in [0.3, 0.4) is 0 Å². The summed E-state index contributed by atoms with van der Waals surface area (Å²) in [5.41, 5.74) is 6.80. The molecule has 0 saturated heterocycles. The van der Waals surface area contributed by atoms with Gasteiger partial charge in [-0.05, 0) is 88.0 Å². The number of rotatable bonds is 18. The zero-order valence-electron chi connectivity index (χ0n) is 40.4. The maximum atomic E-state index is 13.2.